The van der Waals surface area contributed by atoms with Gasteiger partial charge >= 0.3 is 0 Å². The Kier molecular flexibility index (Phi) is 2.96. The summed E-state index contributed by atoms with van der Waals surface area (Å²) in [5, 5.41) is 13.6. The van der Waals surface area contributed by atoms with E-state index in [1.807, 2.05) is 6.92 Å². The summed E-state index contributed by atoms with van der Waals surface area (Å²) in [5.74, 6) is 0. The van der Waals surface area contributed by atoms with Crippen molar-refractivity contribution in [3.8, 4) is 0 Å². The molecule has 0 bridgehead atoms. The largest absolute Gasteiger partial charge is 0.391 e. The van der Waals surface area contributed by atoms with Crippen molar-refractivity contribution in [1.82, 2.24) is 10.3 Å². The van der Waals surface area contributed by atoms with E-state index in [9.17, 15) is 5.11 Å². The molecule has 0 aliphatic carbocycles. The van der Waals surface area contributed by atoms with Gasteiger partial charge in [0.25, 0.3) is 0 Å². The smallest absolute Gasteiger partial charge is 0.181 e. The van der Waals surface area contributed by atoms with E-state index in [-0.39, 0.29) is 11.4 Å². The van der Waals surface area contributed by atoms with E-state index >= 15 is 0 Å². The molecule has 1 saturated heterocycles. The highest BCUT2D eigenvalue weighted by Gasteiger charge is 2.27. The van der Waals surface area contributed by atoms with E-state index in [2.05, 4.69) is 10.3 Å². The van der Waals surface area contributed by atoms with Gasteiger partial charge in [-0.1, -0.05) is 11.3 Å². The van der Waals surface area contributed by atoms with Crippen LogP contribution in [0.4, 0.5) is 5.13 Å². The van der Waals surface area contributed by atoms with Crippen LogP contribution in [-0.4, -0.2) is 34.5 Å². The first-order valence-corrected chi connectivity index (χ1v) is 6.15. The van der Waals surface area contributed by atoms with Crippen molar-refractivity contribution in [2.24, 2.45) is 0 Å². The van der Waals surface area contributed by atoms with E-state index in [1.165, 1.54) is 11.3 Å². The van der Waals surface area contributed by atoms with Gasteiger partial charge < -0.3 is 16.2 Å². The quantitative estimate of drug-likeness (QED) is 0.690. The second-order valence-corrected chi connectivity index (χ2v) is 5.85. The van der Waals surface area contributed by atoms with Crippen LogP contribution in [0.2, 0.25) is 0 Å². The van der Waals surface area contributed by atoms with Gasteiger partial charge in [-0.2, -0.15) is 0 Å². The summed E-state index contributed by atoms with van der Waals surface area (Å²) in [5.41, 5.74) is 6.57. The van der Waals surface area contributed by atoms with Crippen LogP contribution < -0.4 is 11.1 Å². The molecular formula is C8H13N3OS2. The van der Waals surface area contributed by atoms with Gasteiger partial charge in [0, 0.05) is 18.3 Å². The maximum absolute atomic E-state index is 9.62. The Labute approximate surface area is 90.9 Å². The van der Waals surface area contributed by atoms with Crippen molar-refractivity contribution in [3.63, 3.8) is 0 Å². The molecule has 1 aliphatic heterocycles. The molecule has 0 radical (unpaired) electrons. The van der Waals surface area contributed by atoms with Crippen molar-refractivity contribution in [2.45, 2.75) is 22.5 Å². The molecule has 1 aromatic heterocycles. The third-order valence-electron chi connectivity index (χ3n) is 2.16. The van der Waals surface area contributed by atoms with Gasteiger partial charge in [0.15, 0.2) is 5.13 Å². The lowest BCUT2D eigenvalue weighted by Crippen LogP contribution is -2.19. The molecule has 6 heteroatoms. The summed E-state index contributed by atoms with van der Waals surface area (Å²) in [4.78, 5) is 4.15. The maximum atomic E-state index is 9.62. The molecule has 2 heterocycles. The molecule has 2 rings (SSSR count). The molecule has 1 aliphatic rings. The van der Waals surface area contributed by atoms with Gasteiger partial charge in [-0.25, -0.2) is 4.98 Å². The van der Waals surface area contributed by atoms with Crippen LogP contribution in [0, 0.1) is 6.92 Å². The van der Waals surface area contributed by atoms with Gasteiger partial charge in [-0.15, -0.1) is 11.8 Å². The number of nitrogen functional groups attached to an aromatic ring is 1. The fraction of sp³-hybridized carbons (Fsp3) is 0.625. The first-order chi connectivity index (χ1) is 6.66. The van der Waals surface area contributed by atoms with Crippen LogP contribution in [0.3, 0.4) is 0 Å². The number of nitrogens with two attached hydrogens (primary N) is 1. The first kappa shape index (κ1) is 10.2. The fourth-order valence-corrected chi connectivity index (χ4v) is 3.74. The molecule has 1 aromatic rings. The number of thioether (sulfide) groups is 1. The predicted molar refractivity (Wildman–Crippen MR) is 59.8 cm³/mol. The Morgan fingerprint density at radius 3 is 2.93 bits per heavy atom. The normalized spacial score (nSPS) is 27.0. The Morgan fingerprint density at radius 1 is 1.64 bits per heavy atom. The topological polar surface area (TPSA) is 71.2 Å². The van der Waals surface area contributed by atoms with E-state index in [0.29, 0.717) is 11.7 Å². The zero-order valence-electron chi connectivity index (χ0n) is 7.86. The Bertz CT molecular complexity index is 328. The number of aliphatic hydroxyl groups excluding tert-OH is 1. The number of anilines is 1. The minimum atomic E-state index is -0.261. The Balaban J connectivity index is 2.06. The highest BCUT2D eigenvalue weighted by Crippen LogP contribution is 2.35. The van der Waals surface area contributed by atoms with E-state index in [0.717, 1.165) is 16.4 Å². The average molecular weight is 231 g/mol. The van der Waals surface area contributed by atoms with Gasteiger partial charge in [-0.3, -0.25) is 0 Å². The second-order valence-electron chi connectivity index (χ2n) is 3.31. The van der Waals surface area contributed by atoms with E-state index in [1.54, 1.807) is 11.8 Å². The monoisotopic (exact) mass is 231 g/mol. The lowest BCUT2D eigenvalue weighted by molar-refractivity contribution is 0.201. The number of nitrogens with zero attached hydrogens (tertiary/aromatic N) is 1. The molecule has 0 saturated carbocycles. The zero-order chi connectivity index (χ0) is 10.1. The number of aromatic nitrogens is 1. The first-order valence-electron chi connectivity index (χ1n) is 4.45. The van der Waals surface area contributed by atoms with E-state index < -0.39 is 0 Å². The molecule has 2 atom stereocenters. The molecule has 14 heavy (non-hydrogen) atoms. The molecule has 4 N–H and O–H groups in total. The van der Waals surface area contributed by atoms with Crippen LogP contribution in [0.15, 0.2) is 4.21 Å². The third kappa shape index (κ3) is 2.03. The second kappa shape index (κ2) is 4.06. The minimum Gasteiger partial charge on any atom is -0.391 e. The zero-order valence-corrected chi connectivity index (χ0v) is 9.49. The molecule has 0 amide bonds. The summed E-state index contributed by atoms with van der Waals surface area (Å²) >= 11 is 3.16. The Hall–Kier alpha value is -0.300. The molecule has 2 unspecified atom stereocenters. The minimum absolute atomic E-state index is 0.230. The van der Waals surface area contributed by atoms with Gasteiger partial charge in [0.05, 0.1) is 16.0 Å². The number of β-amino-alcohol motifs (C(OH)–C–C–N with tert-alkyl or cyclic N) is 1. The summed E-state index contributed by atoms with van der Waals surface area (Å²) in [6.07, 6.45) is -0.261. The predicted octanol–water partition coefficient (Wildman–Crippen LogP) is 0.459. The molecule has 4 nitrogen and oxygen atoms in total. The number of aliphatic hydroxyl groups is 1. The Morgan fingerprint density at radius 2 is 2.43 bits per heavy atom. The number of hydrogen-bond donors (Lipinski definition) is 3. The highest BCUT2D eigenvalue weighted by atomic mass is 32.2. The number of hydrogen-bond acceptors (Lipinski definition) is 6. The summed E-state index contributed by atoms with van der Waals surface area (Å²) in [6.45, 7) is 3.48. The molecule has 78 valence electrons. The molecule has 0 aromatic carbocycles. The van der Waals surface area contributed by atoms with Gasteiger partial charge in [0.2, 0.25) is 0 Å². The summed E-state index contributed by atoms with van der Waals surface area (Å²) in [6, 6.07) is 0. The number of thiazole rings is 1. The standard InChI is InChI=1S/C8H13N3OS2/c1-4-7(14-8(9)11-4)13-6-3-10-2-5(6)12/h5-6,10,12H,2-3H2,1H3,(H2,9,11). The maximum Gasteiger partial charge on any atom is 0.181 e. The lowest BCUT2D eigenvalue weighted by Gasteiger charge is -2.10. The molecule has 0 spiro atoms. The SMILES string of the molecule is Cc1nc(N)sc1SC1CNCC1O. The van der Waals surface area contributed by atoms with Crippen LogP contribution in [-0.2, 0) is 0 Å². The van der Waals surface area contributed by atoms with Gasteiger partial charge in [-0.05, 0) is 6.92 Å². The third-order valence-corrected chi connectivity index (χ3v) is 4.77. The van der Waals surface area contributed by atoms with Crippen molar-refractivity contribution in [2.75, 3.05) is 18.8 Å². The van der Waals surface area contributed by atoms with Crippen molar-refractivity contribution < 1.29 is 5.11 Å². The van der Waals surface area contributed by atoms with Crippen molar-refractivity contribution in [1.29, 1.82) is 0 Å². The fourth-order valence-electron chi connectivity index (χ4n) is 1.41. The van der Waals surface area contributed by atoms with E-state index in [4.69, 9.17) is 5.73 Å². The van der Waals surface area contributed by atoms with Crippen LogP contribution in [0.1, 0.15) is 5.69 Å². The van der Waals surface area contributed by atoms with Crippen LogP contribution in [0.25, 0.3) is 0 Å². The van der Waals surface area contributed by atoms with Crippen molar-refractivity contribution in [3.05, 3.63) is 5.69 Å². The highest BCUT2D eigenvalue weighted by molar-refractivity contribution is 8.01. The number of nitrogens with one attached hydrogen (secondary N) is 1. The van der Waals surface area contributed by atoms with Crippen LogP contribution in [0.5, 0.6) is 0 Å². The van der Waals surface area contributed by atoms with Crippen molar-refractivity contribution >= 4 is 28.2 Å². The summed E-state index contributed by atoms with van der Waals surface area (Å²) in [7, 11) is 0. The number of rotatable bonds is 2. The average Bonchev–Trinajstić information content (AvgIpc) is 2.62. The summed E-state index contributed by atoms with van der Waals surface area (Å²) < 4.78 is 1.12. The lowest BCUT2D eigenvalue weighted by atomic mass is 10.3. The number of aryl methyl sites for hydroxylation is 1. The van der Waals surface area contributed by atoms with Crippen LogP contribution >= 0.6 is 23.1 Å². The van der Waals surface area contributed by atoms with Gasteiger partial charge in [0.1, 0.15) is 0 Å². The molecule has 1 fully saturated rings. The molecular weight excluding hydrogens is 218 g/mol.